The van der Waals surface area contributed by atoms with Gasteiger partial charge in [0.05, 0.1) is 18.6 Å². The third kappa shape index (κ3) is 8.44. The molecule has 1 aromatic rings. The van der Waals surface area contributed by atoms with Crippen molar-refractivity contribution < 1.29 is 27.4 Å². The highest BCUT2D eigenvalue weighted by Crippen LogP contribution is 2.29. The van der Waals surface area contributed by atoms with Gasteiger partial charge < -0.3 is 14.2 Å². The van der Waals surface area contributed by atoms with Crippen molar-refractivity contribution in [2.24, 2.45) is 0 Å². The van der Waals surface area contributed by atoms with Gasteiger partial charge in [-0.15, -0.1) is 24.8 Å². The van der Waals surface area contributed by atoms with Crippen LogP contribution in [0.1, 0.15) is 37.6 Å². The number of carbonyl (C=O) groups is 1. The Morgan fingerprint density at radius 3 is 2.28 bits per heavy atom. The zero-order valence-electron chi connectivity index (χ0n) is 17.6. The van der Waals surface area contributed by atoms with E-state index in [1.165, 1.54) is 29.6 Å². The molecular weight excluding hydrogens is 418 g/mol. The molecule has 1 heterocycles. The SMILES string of the molecule is C=C.CCOC(C)OCC.COc1ccc2c(c1)C(=O)CN(CCCCl)S2(=O)=O. The number of alkyl halides is 1. The predicted molar refractivity (Wildman–Crippen MR) is 115 cm³/mol. The molecule has 7 nitrogen and oxygen atoms in total. The average Bonchev–Trinajstić information content (AvgIpc) is 2.72. The van der Waals surface area contributed by atoms with Crippen LogP contribution in [0.25, 0.3) is 0 Å². The Morgan fingerprint density at radius 2 is 1.79 bits per heavy atom. The molecule has 0 aromatic heterocycles. The first-order valence-electron chi connectivity index (χ1n) is 9.32. The van der Waals surface area contributed by atoms with Crippen molar-refractivity contribution in [3.8, 4) is 5.75 Å². The van der Waals surface area contributed by atoms with Gasteiger partial charge >= 0.3 is 0 Å². The number of ether oxygens (including phenoxy) is 3. The molecule has 0 bridgehead atoms. The number of hydrogen-bond donors (Lipinski definition) is 0. The van der Waals surface area contributed by atoms with Crippen molar-refractivity contribution in [1.29, 1.82) is 0 Å². The third-order valence-electron chi connectivity index (χ3n) is 3.77. The lowest BCUT2D eigenvalue weighted by Crippen LogP contribution is -2.41. The van der Waals surface area contributed by atoms with E-state index in [1.807, 2.05) is 20.8 Å². The van der Waals surface area contributed by atoms with Gasteiger partial charge in [0.1, 0.15) is 5.75 Å². The quantitative estimate of drug-likeness (QED) is 0.341. The number of rotatable bonds is 8. The molecule has 9 heteroatoms. The number of Topliss-reactive ketones (excluding diaryl/α,β-unsaturated/α-hetero) is 1. The molecule has 0 radical (unpaired) electrons. The molecule has 166 valence electrons. The van der Waals surface area contributed by atoms with E-state index in [4.69, 9.17) is 25.8 Å². The van der Waals surface area contributed by atoms with Crippen LogP contribution < -0.4 is 4.74 Å². The van der Waals surface area contributed by atoms with Crippen molar-refractivity contribution in [1.82, 2.24) is 4.31 Å². The summed E-state index contributed by atoms with van der Waals surface area (Å²) in [5.41, 5.74) is 0.196. The molecule has 1 aliphatic rings. The minimum Gasteiger partial charge on any atom is -0.497 e. The van der Waals surface area contributed by atoms with Gasteiger partial charge in [-0.05, 0) is 45.4 Å². The normalized spacial score (nSPS) is 14.9. The van der Waals surface area contributed by atoms with Crippen LogP contribution in [-0.2, 0) is 19.5 Å². The highest BCUT2D eigenvalue weighted by molar-refractivity contribution is 7.89. The van der Waals surface area contributed by atoms with Gasteiger partial charge in [0.15, 0.2) is 12.1 Å². The molecule has 1 aromatic carbocycles. The Morgan fingerprint density at radius 1 is 1.21 bits per heavy atom. The summed E-state index contributed by atoms with van der Waals surface area (Å²) in [5.74, 6) is 0.602. The smallest absolute Gasteiger partial charge is 0.244 e. The van der Waals surface area contributed by atoms with Crippen molar-refractivity contribution in [3.63, 3.8) is 0 Å². The molecule has 0 N–H and O–H groups in total. The molecule has 0 amide bonds. The summed E-state index contributed by atoms with van der Waals surface area (Å²) in [6.07, 6.45) is 0.476. The summed E-state index contributed by atoms with van der Waals surface area (Å²) in [5, 5.41) is 0. The van der Waals surface area contributed by atoms with Crippen LogP contribution in [-0.4, -0.2) is 64.1 Å². The zero-order chi connectivity index (χ0) is 22.4. The van der Waals surface area contributed by atoms with Crippen molar-refractivity contribution in [2.75, 3.05) is 39.3 Å². The lowest BCUT2D eigenvalue weighted by Gasteiger charge is -2.27. The molecule has 1 aliphatic heterocycles. The molecule has 0 unspecified atom stereocenters. The van der Waals surface area contributed by atoms with Gasteiger partial charge in [-0.1, -0.05) is 0 Å². The van der Waals surface area contributed by atoms with Gasteiger partial charge in [0.25, 0.3) is 0 Å². The second-order valence-electron chi connectivity index (χ2n) is 5.64. The van der Waals surface area contributed by atoms with Gasteiger partial charge in [-0.25, -0.2) is 8.42 Å². The number of sulfonamides is 1. The van der Waals surface area contributed by atoms with E-state index < -0.39 is 10.0 Å². The number of carbonyl (C=O) groups excluding carboxylic acids is 1. The Balaban J connectivity index is 0.000000664. The third-order valence-corrected chi connectivity index (χ3v) is 5.94. The highest BCUT2D eigenvalue weighted by atomic mass is 35.5. The van der Waals surface area contributed by atoms with Crippen LogP contribution >= 0.6 is 11.6 Å². The fourth-order valence-electron chi connectivity index (χ4n) is 2.50. The minimum atomic E-state index is -3.61. The standard InChI is InChI=1S/C12H14ClNO4S.C6H14O2.C2H4/c1-18-9-3-4-12-10(7-9)11(15)8-14(6-2-5-13)19(12,16)17;1-4-7-6(3)8-5-2;1-2/h3-4,7H,2,5-6,8H2,1H3;6H,4-5H2,1-3H3;1-2H2. The van der Waals surface area contributed by atoms with E-state index in [-0.39, 0.29) is 35.6 Å². The maximum atomic E-state index is 12.3. The maximum Gasteiger partial charge on any atom is 0.244 e. The maximum absolute atomic E-state index is 12.3. The number of benzene rings is 1. The Hall–Kier alpha value is -1.45. The molecule has 0 spiro atoms. The van der Waals surface area contributed by atoms with E-state index in [1.54, 1.807) is 0 Å². The van der Waals surface area contributed by atoms with Crippen molar-refractivity contribution >= 4 is 27.4 Å². The van der Waals surface area contributed by atoms with Crippen LogP contribution in [0.5, 0.6) is 5.75 Å². The number of methoxy groups -OCH3 is 1. The molecule has 0 saturated heterocycles. The largest absolute Gasteiger partial charge is 0.497 e. The summed E-state index contributed by atoms with van der Waals surface area (Å²) < 4.78 is 41.0. The topological polar surface area (TPSA) is 82.1 Å². The Labute approximate surface area is 179 Å². The van der Waals surface area contributed by atoms with Crippen LogP contribution in [0.3, 0.4) is 0 Å². The number of halogens is 1. The van der Waals surface area contributed by atoms with E-state index in [2.05, 4.69) is 13.2 Å². The van der Waals surface area contributed by atoms with Gasteiger partial charge in [-0.3, -0.25) is 4.79 Å². The van der Waals surface area contributed by atoms with Crippen LogP contribution in [0.4, 0.5) is 0 Å². The summed E-state index contributed by atoms with van der Waals surface area (Å²) in [7, 11) is -2.15. The summed E-state index contributed by atoms with van der Waals surface area (Å²) in [4.78, 5) is 12.1. The first kappa shape index (κ1) is 27.5. The van der Waals surface area contributed by atoms with E-state index >= 15 is 0 Å². The Bertz CT molecular complexity index is 720. The molecule has 0 aliphatic carbocycles. The summed E-state index contributed by atoms with van der Waals surface area (Å²) in [6.45, 7) is 13.4. The Kier molecular flexibility index (Phi) is 13.8. The van der Waals surface area contributed by atoms with Crippen LogP contribution in [0.15, 0.2) is 36.3 Å². The first-order chi connectivity index (χ1) is 13.8. The lowest BCUT2D eigenvalue weighted by molar-refractivity contribution is -0.123. The second kappa shape index (κ2) is 14.5. The minimum absolute atomic E-state index is 0.0370. The molecule has 0 saturated carbocycles. The molecule has 29 heavy (non-hydrogen) atoms. The average molecular weight is 450 g/mol. The molecule has 0 fully saturated rings. The molecule has 0 atom stereocenters. The van der Waals surface area contributed by atoms with E-state index in [9.17, 15) is 13.2 Å². The van der Waals surface area contributed by atoms with Crippen molar-refractivity contribution in [3.05, 3.63) is 36.9 Å². The number of nitrogens with zero attached hydrogens (tertiary/aromatic N) is 1. The van der Waals surface area contributed by atoms with Gasteiger partial charge in [0, 0.05) is 31.2 Å². The van der Waals surface area contributed by atoms with E-state index in [0.29, 0.717) is 18.1 Å². The van der Waals surface area contributed by atoms with Crippen LogP contribution in [0.2, 0.25) is 0 Å². The van der Waals surface area contributed by atoms with Gasteiger partial charge in [0.2, 0.25) is 10.0 Å². The fraction of sp³-hybridized carbons (Fsp3) is 0.550. The number of fused-ring (bicyclic) bond motifs is 1. The predicted octanol–water partition coefficient (Wildman–Crippen LogP) is 3.72. The van der Waals surface area contributed by atoms with Crippen LogP contribution in [0, 0.1) is 0 Å². The number of hydrogen-bond acceptors (Lipinski definition) is 6. The van der Waals surface area contributed by atoms with E-state index in [0.717, 1.165) is 13.2 Å². The van der Waals surface area contributed by atoms with Gasteiger partial charge in [-0.2, -0.15) is 4.31 Å². The zero-order valence-corrected chi connectivity index (χ0v) is 19.2. The second-order valence-corrected chi connectivity index (χ2v) is 7.93. The summed E-state index contributed by atoms with van der Waals surface area (Å²) in [6, 6.07) is 4.41. The first-order valence-corrected chi connectivity index (χ1v) is 11.3. The lowest BCUT2D eigenvalue weighted by atomic mass is 10.1. The summed E-state index contributed by atoms with van der Waals surface area (Å²) >= 11 is 5.57. The van der Waals surface area contributed by atoms with Crippen molar-refractivity contribution in [2.45, 2.75) is 38.4 Å². The number of ketones is 1. The fourth-order valence-corrected chi connectivity index (χ4v) is 4.25. The highest BCUT2D eigenvalue weighted by Gasteiger charge is 2.35. The molecule has 2 rings (SSSR count). The monoisotopic (exact) mass is 449 g/mol. The molecular formula is C20H32ClNO6S.